The molecule has 0 radical (unpaired) electrons. The topological polar surface area (TPSA) is 83.6 Å². The third-order valence-electron chi connectivity index (χ3n) is 4.86. The lowest BCUT2D eigenvalue weighted by Gasteiger charge is -2.34. The molecule has 2 N–H and O–H groups in total. The van der Waals surface area contributed by atoms with Gasteiger partial charge in [0, 0.05) is 25.3 Å². The number of amides is 2. The van der Waals surface area contributed by atoms with Crippen molar-refractivity contribution in [1.82, 2.24) is 9.88 Å². The molecule has 0 aliphatic carbocycles. The monoisotopic (exact) mass is 416 g/mol. The summed E-state index contributed by atoms with van der Waals surface area (Å²) in [6.07, 6.45) is 2.37. The number of hydrogen-bond donors (Lipinski definition) is 2. The second kappa shape index (κ2) is 9.71. The minimum Gasteiger partial charge on any atom is -0.446 e. The van der Waals surface area contributed by atoms with Crippen LogP contribution in [0, 0.1) is 0 Å². The normalized spacial score (nSPS) is 15.2. The van der Waals surface area contributed by atoms with E-state index in [4.69, 9.17) is 16.3 Å². The maximum absolute atomic E-state index is 12.6. The molecule has 0 unspecified atom stereocenters. The SMILES string of the molecule is CC(C)N1CCC(OC(=O)Nc2ccccc2C(=O)Nc2ccc(Cl)cn2)CC1. The fourth-order valence-electron chi connectivity index (χ4n) is 3.22. The average molecular weight is 417 g/mol. The Balaban J connectivity index is 1.59. The van der Waals surface area contributed by atoms with Crippen molar-refractivity contribution in [2.24, 2.45) is 0 Å². The molecular weight excluding hydrogens is 392 g/mol. The molecule has 0 saturated carbocycles. The van der Waals surface area contributed by atoms with E-state index in [-0.39, 0.29) is 12.0 Å². The highest BCUT2D eigenvalue weighted by atomic mass is 35.5. The predicted octanol–water partition coefficient (Wildman–Crippen LogP) is 4.41. The van der Waals surface area contributed by atoms with E-state index < -0.39 is 6.09 Å². The van der Waals surface area contributed by atoms with Crippen molar-refractivity contribution in [3.8, 4) is 0 Å². The Bertz CT molecular complexity index is 849. The molecule has 0 atom stereocenters. The molecule has 154 valence electrons. The number of carbonyl (C=O) groups excluding carboxylic acids is 2. The zero-order valence-corrected chi connectivity index (χ0v) is 17.3. The van der Waals surface area contributed by atoms with E-state index in [1.165, 1.54) is 6.20 Å². The number of ether oxygens (including phenoxy) is 1. The molecule has 1 aromatic carbocycles. The minimum absolute atomic E-state index is 0.121. The number of halogens is 1. The van der Waals surface area contributed by atoms with Crippen LogP contribution >= 0.6 is 11.6 Å². The van der Waals surface area contributed by atoms with Crippen LogP contribution < -0.4 is 10.6 Å². The minimum atomic E-state index is -0.558. The Hall–Kier alpha value is -2.64. The molecular formula is C21H25ClN4O3. The van der Waals surface area contributed by atoms with E-state index in [0.717, 1.165) is 25.9 Å². The summed E-state index contributed by atoms with van der Waals surface area (Å²) in [7, 11) is 0. The van der Waals surface area contributed by atoms with Gasteiger partial charge in [-0.3, -0.25) is 10.1 Å². The summed E-state index contributed by atoms with van der Waals surface area (Å²) >= 11 is 5.81. The van der Waals surface area contributed by atoms with E-state index in [0.29, 0.717) is 28.1 Å². The molecule has 2 amide bonds. The van der Waals surface area contributed by atoms with Crippen molar-refractivity contribution >= 4 is 35.1 Å². The fraction of sp³-hybridized carbons (Fsp3) is 0.381. The number of nitrogens with one attached hydrogen (secondary N) is 2. The molecule has 1 aliphatic heterocycles. The number of aromatic nitrogens is 1. The average Bonchev–Trinajstić information content (AvgIpc) is 2.70. The van der Waals surface area contributed by atoms with E-state index in [2.05, 4.69) is 34.4 Å². The zero-order chi connectivity index (χ0) is 20.8. The summed E-state index contributed by atoms with van der Waals surface area (Å²) in [5, 5.41) is 5.86. The first-order valence-corrected chi connectivity index (χ1v) is 10.0. The van der Waals surface area contributed by atoms with Crippen molar-refractivity contribution in [1.29, 1.82) is 0 Å². The summed E-state index contributed by atoms with van der Waals surface area (Å²) in [4.78, 5) is 31.4. The first-order chi connectivity index (χ1) is 13.9. The number of benzene rings is 1. The number of pyridine rings is 1. The Morgan fingerprint density at radius 3 is 2.52 bits per heavy atom. The van der Waals surface area contributed by atoms with Crippen molar-refractivity contribution in [3.63, 3.8) is 0 Å². The Kier molecular flexibility index (Phi) is 7.06. The van der Waals surface area contributed by atoms with Gasteiger partial charge in [-0.2, -0.15) is 0 Å². The van der Waals surface area contributed by atoms with Crippen molar-refractivity contribution in [2.75, 3.05) is 23.7 Å². The molecule has 0 bridgehead atoms. The second-order valence-corrected chi connectivity index (χ2v) is 7.66. The van der Waals surface area contributed by atoms with Crippen LogP contribution in [0.3, 0.4) is 0 Å². The highest BCUT2D eigenvalue weighted by molar-refractivity contribution is 6.30. The Morgan fingerprint density at radius 2 is 1.86 bits per heavy atom. The third kappa shape index (κ3) is 5.92. The van der Waals surface area contributed by atoms with Gasteiger partial charge in [0.1, 0.15) is 11.9 Å². The van der Waals surface area contributed by atoms with Crippen molar-refractivity contribution < 1.29 is 14.3 Å². The molecule has 1 saturated heterocycles. The molecule has 3 rings (SSSR count). The summed E-state index contributed by atoms with van der Waals surface area (Å²) in [5.41, 5.74) is 0.694. The number of carbonyl (C=O) groups is 2. The molecule has 7 nitrogen and oxygen atoms in total. The van der Waals surface area contributed by atoms with Gasteiger partial charge in [-0.1, -0.05) is 23.7 Å². The highest BCUT2D eigenvalue weighted by Gasteiger charge is 2.24. The van der Waals surface area contributed by atoms with Gasteiger partial charge in [-0.25, -0.2) is 9.78 Å². The van der Waals surface area contributed by atoms with Crippen LogP contribution in [0.4, 0.5) is 16.3 Å². The van der Waals surface area contributed by atoms with Gasteiger partial charge in [-0.15, -0.1) is 0 Å². The van der Waals surface area contributed by atoms with Gasteiger partial charge >= 0.3 is 6.09 Å². The van der Waals surface area contributed by atoms with Gasteiger partial charge in [-0.05, 0) is 51.0 Å². The number of hydrogen-bond acceptors (Lipinski definition) is 5. The van der Waals surface area contributed by atoms with Crippen LogP contribution in [0.15, 0.2) is 42.6 Å². The van der Waals surface area contributed by atoms with Crippen LogP contribution in [0.5, 0.6) is 0 Å². The number of para-hydroxylation sites is 1. The van der Waals surface area contributed by atoms with Crippen LogP contribution in [-0.2, 0) is 4.74 Å². The zero-order valence-electron chi connectivity index (χ0n) is 16.5. The van der Waals surface area contributed by atoms with E-state index >= 15 is 0 Å². The Morgan fingerprint density at radius 1 is 1.14 bits per heavy atom. The Labute approximate surface area is 175 Å². The van der Waals surface area contributed by atoms with Crippen LogP contribution in [-0.4, -0.2) is 47.1 Å². The summed E-state index contributed by atoms with van der Waals surface area (Å²) in [5.74, 6) is -0.0188. The van der Waals surface area contributed by atoms with Crippen molar-refractivity contribution in [2.45, 2.75) is 38.8 Å². The number of piperidine rings is 1. The maximum atomic E-state index is 12.6. The third-order valence-corrected chi connectivity index (χ3v) is 5.08. The number of rotatable bonds is 5. The predicted molar refractivity (Wildman–Crippen MR) is 113 cm³/mol. The second-order valence-electron chi connectivity index (χ2n) is 7.22. The van der Waals surface area contributed by atoms with E-state index in [1.54, 1.807) is 36.4 Å². The standard InChI is InChI=1S/C21H25ClN4O3/c1-14(2)26-11-9-16(10-12-26)29-21(28)24-18-6-4-3-5-17(18)20(27)25-19-8-7-15(22)13-23-19/h3-8,13-14,16H,9-12H2,1-2H3,(H,24,28)(H,23,25,27). The molecule has 1 aliphatic rings. The van der Waals surface area contributed by atoms with Crippen molar-refractivity contribution in [3.05, 3.63) is 53.2 Å². The highest BCUT2D eigenvalue weighted by Crippen LogP contribution is 2.20. The summed E-state index contributed by atoms with van der Waals surface area (Å²) in [6.45, 7) is 6.14. The maximum Gasteiger partial charge on any atom is 0.411 e. The largest absolute Gasteiger partial charge is 0.446 e. The van der Waals surface area contributed by atoms with E-state index in [1.807, 2.05) is 0 Å². The molecule has 8 heteroatoms. The lowest BCUT2D eigenvalue weighted by Crippen LogP contribution is -2.41. The summed E-state index contributed by atoms with van der Waals surface area (Å²) < 4.78 is 5.55. The smallest absolute Gasteiger partial charge is 0.411 e. The molecule has 2 heterocycles. The lowest BCUT2D eigenvalue weighted by molar-refractivity contribution is 0.0497. The number of anilines is 2. The van der Waals surface area contributed by atoms with Gasteiger partial charge < -0.3 is 15.0 Å². The molecule has 29 heavy (non-hydrogen) atoms. The molecule has 1 fully saturated rings. The fourth-order valence-corrected chi connectivity index (χ4v) is 3.34. The van der Waals surface area contributed by atoms with Gasteiger partial charge in [0.2, 0.25) is 0 Å². The first kappa shape index (κ1) is 21.1. The van der Waals surface area contributed by atoms with Gasteiger partial charge in [0.15, 0.2) is 0 Å². The lowest BCUT2D eigenvalue weighted by atomic mass is 10.1. The van der Waals surface area contributed by atoms with Crippen LogP contribution in [0.1, 0.15) is 37.0 Å². The van der Waals surface area contributed by atoms with E-state index in [9.17, 15) is 9.59 Å². The quantitative estimate of drug-likeness (QED) is 0.754. The molecule has 0 spiro atoms. The number of nitrogens with zero attached hydrogens (tertiary/aromatic N) is 2. The summed E-state index contributed by atoms with van der Waals surface area (Å²) in [6, 6.07) is 10.5. The number of likely N-dealkylation sites (tertiary alicyclic amines) is 1. The van der Waals surface area contributed by atoms with Crippen LogP contribution in [0.25, 0.3) is 0 Å². The van der Waals surface area contributed by atoms with Gasteiger partial charge in [0.25, 0.3) is 5.91 Å². The van der Waals surface area contributed by atoms with Crippen LogP contribution in [0.2, 0.25) is 5.02 Å². The first-order valence-electron chi connectivity index (χ1n) is 9.66. The molecule has 1 aromatic heterocycles. The molecule has 2 aromatic rings. The van der Waals surface area contributed by atoms with Gasteiger partial charge in [0.05, 0.1) is 16.3 Å².